The SMILES string of the molecule is N#CC1(C(=O)Nc2nc3ccc(Cl)cc3s2)CC1. The highest BCUT2D eigenvalue weighted by atomic mass is 35.5. The molecule has 1 aromatic carbocycles. The van der Waals surface area contributed by atoms with Gasteiger partial charge in [-0.2, -0.15) is 5.26 Å². The predicted octanol–water partition coefficient (Wildman–Crippen LogP) is 3.19. The Morgan fingerprint density at radius 2 is 2.33 bits per heavy atom. The number of hydrogen-bond donors (Lipinski definition) is 1. The summed E-state index contributed by atoms with van der Waals surface area (Å²) in [6.45, 7) is 0. The second kappa shape index (κ2) is 3.94. The quantitative estimate of drug-likeness (QED) is 0.917. The minimum atomic E-state index is -0.824. The molecule has 4 nitrogen and oxygen atoms in total. The summed E-state index contributed by atoms with van der Waals surface area (Å²) in [6, 6.07) is 7.43. The van der Waals surface area contributed by atoms with E-state index >= 15 is 0 Å². The highest BCUT2D eigenvalue weighted by Crippen LogP contribution is 2.46. The van der Waals surface area contributed by atoms with Crippen molar-refractivity contribution < 1.29 is 4.79 Å². The first-order valence-corrected chi connectivity index (χ1v) is 6.61. The van der Waals surface area contributed by atoms with Crippen LogP contribution >= 0.6 is 22.9 Å². The maximum Gasteiger partial charge on any atom is 0.246 e. The standard InChI is InChI=1S/C12H8ClN3OS/c13-7-1-2-8-9(5-7)18-11(15-8)16-10(17)12(6-14)3-4-12/h1-2,5H,3-4H2,(H,15,16,17). The third kappa shape index (κ3) is 1.84. The average Bonchev–Trinajstić information content (AvgIpc) is 3.05. The molecule has 1 fully saturated rings. The van der Waals surface area contributed by atoms with Gasteiger partial charge in [-0.1, -0.05) is 22.9 Å². The summed E-state index contributed by atoms with van der Waals surface area (Å²) in [4.78, 5) is 16.2. The molecule has 1 aromatic heterocycles. The number of anilines is 1. The molecule has 2 aromatic rings. The van der Waals surface area contributed by atoms with Crippen LogP contribution in [0.15, 0.2) is 18.2 Å². The zero-order valence-corrected chi connectivity index (χ0v) is 10.8. The van der Waals surface area contributed by atoms with Crippen molar-refractivity contribution in [3.63, 3.8) is 0 Å². The van der Waals surface area contributed by atoms with Crippen molar-refractivity contribution in [2.45, 2.75) is 12.8 Å². The lowest BCUT2D eigenvalue weighted by molar-refractivity contribution is -0.119. The van der Waals surface area contributed by atoms with Crippen LogP contribution in [0.5, 0.6) is 0 Å². The smallest absolute Gasteiger partial charge is 0.246 e. The maximum atomic E-state index is 11.9. The van der Waals surface area contributed by atoms with E-state index in [2.05, 4.69) is 16.4 Å². The van der Waals surface area contributed by atoms with Crippen molar-refractivity contribution in [1.29, 1.82) is 5.26 Å². The third-order valence-electron chi connectivity index (χ3n) is 2.97. The number of fused-ring (bicyclic) bond motifs is 1. The maximum absolute atomic E-state index is 11.9. The van der Waals surface area contributed by atoms with Crippen LogP contribution in [0.25, 0.3) is 10.2 Å². The molecule has 3 rings (SSSR count). The Bertz CT molecular complexity index is 684. The molecule has 90 valence electrons. The fourth-order valence-corrected chi connectivity index (χ4v) is 2.82. The van der Waals surface area contributed by atoms with Gasteiger partial charge in [0.15, 0.2) is 5.13 Å². The van der Waals surface area contributed by atoms with Crippen molar-refractivity contribution in [2.24, 2.45) is 5.41 Å². The van der Waals surface area contributed by atoms with Crippen molar-refractivity contribution >= 4 is 44.2 Å². The number of benzene rings is 1. The first-order valence-electron chi connectivity index (χ1n) is 5.42. The van der Waals surface area contributed by atoms with Crippen LogP contribution in [0.2, 0.25) is 5.02 Å². The summed E-state index contributed by atoms with van der Waals surface area (Å²) < 4.78 is 0.916. The van der Waals surface area contributed by atoms with E-state index in [1.165, 1.54) is 11.3 Å². The van der Waals surface area contributed by atoms with Crippen LogP contribution in [0, 0.1) is 16.7 Å². The van der Waals surface area contributed by atoms with E-state index in [9.17, 15) is 4.79 Å². The van der Waals surface area contributed by atoms with Crippen LogP contribution in [-0.2, 0) is 4.79 Å². The molecule has 1 heterocycles. The number of carbonyl (C=O) groups is 1. The van der Waals surface area contributed by atoms with Crippen molar-refractivity contribution in [3.05, 3.63) is 23.2 Å². The molecular formula is C12H8ClN3OS. The van der Waals surface area contributed by atoms with E-state index in [-0.39, 0.29) is 5.91 Å². The molecule has 0 aliphatic heterocycles. The lowest BCUT2D eigenvalue weighted by Crippen LogP contribution is -2.22. The number of rotatable bonds is 2. The topological polar surface area (TPSA) is 65.8 Å². The summed E-state index contributed by atoms with van der Waals surface area (Å²) in [5.74, 6) is -0.254. The minimum Gasteiger partial charge on any atom is -0.301 e. The molecule has 1 aliphatic rings. The lowest BCUT2D eigenvalue weighted by atomic mass is 10.1. The van der Waals surface area contributed by atoms with Gasteiger partial charge in [0.05, 0.1) is 16.3 Å². The summed E-state index contributed by atoms with van der Waals surface area (Å²) >= 11 is 7.24. The Balaban J connectivity index is 1.87. The monoisotopic (exact) mass is 277 g/mol. The zero-order chi connectivity index (χ0) is 12.8. The molecule has 1 aliphatic carbocycles. The van der Waals surface area contributed by atoms with Gasteiger partial charge in [0.25, 0.3) is 0 Å². The molecule has 0 saturated heterocycles. The Kier molecular flexibility index (Phi) is 2.51. The van der Waals surface area contributed by atoms with Gasteiger partial charge >= 0.3 is 0 Å². The summed E-state index contributed by atoms with van der Waals surface area (Å²) in [5.41, 5.74) is -0.0308. The lowest BCUT2D eigenvalue weighted by Gasteiger charge is -2.03. The highest BCUT2D eigenvalue weighted by molar-refractivity contribution is 7.22. The fraction of sp³-hybridized carbons (Fsp3) is 0.250. The Morgan fingerprint density at radius 1 is 1.56 bits per heavy atom. The summed E-state index contributed by atoms with van der Waals surface area (Å²) in [5, 5.41) is 12.8. The first kappa shape index (κ1) is 11.5. The minimum absolute atomic E-state index is 0.254. The van der Waals surface area contributed by atoms with Gasteiger partial charge in [-0.05, 0) is 31.0 Å². The highest BCUT2D eigenvalue weighted by Gasteiger charge is 2.50. The van der Waals surface area contributed by atoms with Crippen LogP contribution in [0.3, 0.4) is 0 Å². The van der Waals surface area contributed by atoms with Gasteiger partial charge < -0.3 is 5.32 Å². The molecule has 1 amide bonds. The van der Waals surface area contributed by atoms with Crippen molar-refractivity contribution in [2.75, 3.05) is 5.32 Å². The van der Waals surface area contributed by atoms with E-state index in [0.29, 0.717) is 23.0 Å². The first-order chi connectivity index (χ1) is 8.63. The molecule has 0 spiro atoms. The number of nitrogens with zero attached hydrogens (tertiary/aromatic N) is 2. The normalized spacial score (nSPS) is 16.2. The number of amides is 1. The number of carbonyl (C=O) groups excluding carboxylic acids is 1. The largest absolute Gasteiger partial charge is 0.301 e. The molecule has 6 heteroatoms. The average molecular weight is 278 g/mol. The Morgan fingerprint density at radius 3 is 3.00 bits per heavy atom. The van der Waals surface area contributed by atoms with Gasteiger partial charge in [0, 0.05) is 5.02 Å². The molecule has 18 heavy (non-hydrogen) atoms. The molecule has 1 saturated carbocycles. The Labute approximate surface area is 112 Å². The van der Waals surface area contributed by atoms with Gasteiger partial charge in [-0.15, -0.1) is 0 Å². The molecule has 1 N–H and O–H groups in total. The molecular weight excluding hydrogens is 270 g/mol. The van der Waals surface area contributed by atoms with Crippen molar-refractivity contribution in [3.8, 4) is 6.07 Å². The zero-order valence-electron chi connectivity index (χ0n) is 9.24. The summed E-state index contributed by atoms with van der Waals surface area (Å²) in [7, 11) is 0. The summed E-state index contributed by atoms with van der Waals surface area (Å²) in [6.07, 6.45) is 1.26. The van der Waals surface area contributed by atoms with E-state index in [0.717, 1.165) is 10.2 Å². The van der Waals surface area contributed by atoms with Crippen LogP contribution in [-0.4, -0.2) is 10.9 Å². The number of nitriles is 1. The molecule has 0 atom stereocenters. The van der Waals surface area contributed by atoms with E-state index in [1.54, 1.807) is 18.2 Å². The third-order valence-corrected chi connectivity index (χ3v) is 4.14. The van der Waals surface area contributed by atoms with Crippen molar-refractivity contribution in [1.82, 2.24) is 4.98 Å². The van der Waals surface area contributed by atoms with Crippen LogP contribution in [0.4, 0.5) is 5.13 Å². The van der Waals surface area contributed by atoms with Crippen LogP contribution in [0.1, 0.15) is 12.8 Å². The van der Waals surface area contributed by atoms with E-state index in [1.807, 2.05) is 0 Å². The van der Waals surface area contributed by atoms with Gasteiger partial charge in [0.1, 0.15) is 5.41 Å². The van der Waals surface area contributed by atoms with Gasteiger partial charge in [-0.3, -0.25) is 4.79 Å². The predicted molar refractivity (Wildman–Crippen MR) is 70.5 cm³/mol. The van der Waals surface area contributed by atoms with Gasteiger partial charge in [0.2, 0.25) is 5.91 Å². The number of aromatic nitrogens is 1. The molecule has 0 radical (unpaired) electrons. The van der Waals surface area contributed by atoms with E-state index < -0.39 is 5.41 Å². The second-order valence-corrected chi connectivity index (χ2v) is 5.75. The molecule has 0 unspecified atom stereocenters. The number of halogens is 1. The second-order valence-electron chi connectivity index (χ2n) is 4.28. The number of nitrogens with one attached hydrogen (secondary N) is 1. The van der Waals surface area contributed by atoms with Gasteiger partial charge in [-0.25, -0.2) is 4.98 Å². The Hall–Kier alpha value is -1.64. The molecule has 0 bridgehead atoms. The van der Waals surface area contributed by atoms with E-state index in [4.69, 9.17) is 16.9 Å². The fourth-order valence-electron chi connectivity index (χ4n) is 1.68. The number of thiazole rings is 1. The number of hydrogen-bond acceptors (Lipinski definition) is 4. The van der Waals surface area contributed by atoms with Crippen LogP contribution < -0.4 is 5.32 Å².